The van der Waals surface area contributed by atoms with Crippen molar-refractivity contribution in [3.8, 4) is 0 Å². The van der Waals surface area contributed by atoms with Crippen molar-refractivity contribution in [1.29, 1.82) is 0 Å². The first-order valence-electron chi connectivity index (χ1n) is 4.59. The topological polar surface area (TPSA) is 46.8 Å². The lowest BCUT2D eigenvalue weighted by molar-refractivity contribution is 0.211. The molecule has 3 rings (SSSR count). The molecule has 1 spiro atoms. The summed E-state index contributed by atoms with van der Waals surface area (Å²) in [5.74, 6) is -0.163. The molecule has 0 aliphatic carbocycles. The number of hydrogen-bond donors (Lipinski definition) is 0. The van der Waals surface area contributed by atoms with E-state index in [1.165, 1.54) is 0 Å². The van der Waals surface area contributed by atoms with Crippen molar-refractivity contribution >= 4 is 0 Å². The minimum Gasteiger partial charge on any atom is -0.499 e. The summed E-state index contributed by atoms with van der Waals surface area (Å²) in [6.07, 6.45) is 5.18. The average molecular weight is 184 g/mol. The van der Waals surface area contributed by atoms with Crippen LogP contribution >= 0.6 is 0 Å². The molecule has 3 unspecified atom stereocenters. The van der Waals surface area contributed by atoms with E-state index in [4.69, 9.17) is 18.9 Å². The van der Waals surface area contributed by atoms with Crippen LogP contribution in [0.15, 0.2) is 12.3 Å². The van der Waals surface area contributed by atoms with Gasteiger partial charge >= 0.3 is 0 Å². The van der Waals surface area contributed by atoms with Crippen molar-refractivity contribution in [3.05, 3.63) is 12.3 Å². The Bertz CT molecular complexity index is 230. The standard InChI is InChI=1S/C9H12O4/c1(3-10-4-7-5-11-7)2-8-9(13-8)6-12-9/h1,3,7-8H,2,4-6H2. The molecule has 0 N–H and O–H groups in total. The Kier molecular flexibility index (Phi) is 1.62. The maximum Gasteiger partial charge on any atom is 0.220 e. The summed E-state index contributed by atoms with van der Waals surface area (Å²) in [6.45, 7) is 2.28. The van der Waals surface area contributed by atoms with Crippen LogP contribution in [0.5, 0.6) is 0 Å². The fourth-order valence-corrected chi connectivity index (χ4v) is 1.33. The summed E-state index contributed by atoms with van der Waals surface area (Å²) in [4.78, 5) is 0. The van der Waals surface area contributed by atoms with E-state index >= 15 is 0 Å². The maximum atomic E-state index is 5.30. The quantitative estimate of drug-likeness (QED) is 0.459. The molecular weight excluding hydrogens is 172 g/mol. The molecule has 3 atom stereocenters. The van der Waals surface area contributed by atoms with Crippen LogP contribution in [0.3, 0.4) is 0 Å². The summed E-state index contributed by atoms with van der Waals surface area (Å²) in [7, 11) is 0. The summed E-state index contributed by atoms with van der Waals surface area (Å²) >= 11 is 0. The minimum atomic E-state index is -0.163. The lowest BCUT2D eigenvalue weighted by Crippen LogP contribution is -1.96. The lowest BCUT2D eigenvalue weighted by Gasteiger charge is -1.93. The third-order valence-electron chi connectivity index (χ3n) is 2.43. The summed E-state index contributed by atoms with van der Waals surface area (Å²) in [6, 6.07) is 0. The van der Waals surface area contributed by atoms with Crippen LogP contribution in [0.2, 0.25) is 0 Å². The Hall–Kier alpha value is -0.580. The van der Waals surface area contributed by atoms with Crippen molar-refractivity contribution in [3.63, 3.8) is 0 Å². The Morgan fingerprint density at radius 1 is 1.54 bits per heavy atom. The predicted octanol–water partition coefficient (Wildman–Crippen LogP) is 0.431. The molecule has 13 heavy (non-hydrogen) atoms. The van der Waals surface area contributed by atoms with Crippen molar-refractivity contribution in [2.24, 2.45) is 0 Å². The van der Waals surface area contributed by atoms with Crippen LogP contribution in [-0.2, 0) is 18.9 Å². The first-order chi connectivity index (χ1) is 6.39. The SMILES string of the molecule is C(=COCC1CO1)CC1OC12CO2. The molecule has 3 saturated heterocycles. The fourth-order valence-electron chi connectivity index (χ4n) is 1.33. The van der Waals surface area contributed by atoms with E-state index in [0.29, 0.717) is 12.7 Å². The zero-order valence-corrected chi connectivity index (χ0v) is 7.27. The summed E-state index contributed by atoms with van der Waals surface area (Å²) in [5, 5.41) is 0. The van der Waals surface area contributed by atoms with Gasteiger partial charge in [-0.1, -0.05) is 0 Å². The van der Waals surface area contributed by atoms with E-state index in [9.17, 15) is 0 Å². The van der Waals surface area contributed by atoms with Gasteiger partial charge in [-0.2, -0.15) is 0 Å². The van der Waals surface area contributed by atoms with Crippen molar-refractivity contribution in [2.45, 2.75) is 24.4 Å². The van der Waals surface area contributed by atoms with Crippen LogP contribution in [0.4, 0.5) is 0 Å². The molecule has 4 nitrogen and oxygen atoms in total. The minimum absolute atomic E-state index is 0.163. The number of hydrogen-bond acceptors (Lipinski definition) is 4. The Labute approximate surface area is 76.4 Å². The zero-order chi connectivity index (χ0) is 8.73. The molecule has 3 fully saturated rings. The van der Waals surface area contributed by atoms with E-state index in [-0.39, 0.29) is 11.9 Å². The van der Waals surface area contributed by atoms with Crippen LogP contribution in [0.25, 0.3) is 0 Å². The Balaban J connectivity index is 1.29. The molecule has 0 radical (unpaired) electrons. The predicted molar refractivity (Wildman–Crippen MR) is 43.0 cm³/mol. The fraction of sp³-hybridized carbons (Fsp3) is 0.778. The van der Waals surface area contributed by atoms with Crippen LogP contribution in [-0.4, -0.2) is 37.8 Å². The Morgan fingerprint density at radius 3 is 3.00 bits per heavy atom. The smallest absolute Gasteiger partial charge is 0.220 e. The molecule has 0 bridgehead atoms. The highest BCUT2D eigenvalue weighted by atomic mass is 16.9. The van der Waals surface area contributed by atoms with Crippen molar-refractivity contribution in [1.82, 2.24) is 0 Å². The van der Waals surface area contributed by atoms with Gasteiger partial charge < -0.3 is 18.9 Å². The van der Waals surface area contributed by atoms with Gasteiger partial charge in [0.25, 0.3) is 0 Å². The number of ether oxygens (including phenoxy) is 4. The maximum absolute atomic E-state index is 5.30. The molecule has 0 aromatic carbocycles. The van der Waals surface area contributed by atoms with Gasteiger partial charge in [-0.3, -0.25) is 0 Å². The molecule has 3 aliphatic rings. The molecule has 0 aromatic rings. The van der Waals surface area contributed by atoms with E-state index < -0.39 is 0 Å². The highest BCUT2D eigenvalue weighted by Gasteiger charge is 2.68. The average Bonchev–Trinajstić information content (AvgIpc) is 2.99. The van der Waals surface area contributed by atoms with Crippen LogP contribution in [0, 0.1) is 0 Å². The summed E-state index contributed by atoms with van der Waals surface area (Å²) in [5.41, 5.74) is 0. The molecule has 3 heterocycles. The Morgan fingerprint density at radius 2 is 2.38 bits per heavy atom. The zero-order valence-electron chi connectivity index (χ0n) is 7.27. The van der Waals surface area contributed by atoms with Gasteiger partial charge in [-0.05, 0) is 6.08 Å². The van der Waals surface area contributed by atoms with Crippen LogP contribution < -0.4 is 0 Å². The molecule has 0 amide bonds. The van der Waals surface area contributed by atoms with Gasteiger partial charge in [0.1, 0.15) is 25.4 Å². The highest BCUT2D eigenvalue weighted by molar-refractivity contribution is 5.06. The normalized spacial score (nSPS) is 45.5. The van der Waals surface area contributed by atoms with E-state index in [1.54, 1.807) is 6.26 Å². The van der Waals surface area contributed by atoms with Gasteiger partial charge in [0, 0.05) is 6.42 Å². The largest absolute Gasteiger partial charge is 0.499 e. The van der Waals surface area contributed by atoms with Gasteiger partial charge in [0.15, 0.2) is 0 Å². The molecule has 0 aromatic heterocycles. The van der Waals surface area contributed by atoms with Gasteiger partial charge in [-0.15, -0.1) is 0 Å². The first kappa shape index (κ1) is 7.79. The molecule has 72 valence electrons. The molecule has 3 aliphatic heterocycles. The van der Waals surface area contributed by atoms with Gasteiger partial charge in [-0.25, -0.2) is 0 Å². The monoisotopic (exact) mass is 184 g/mol. The number of rotatable bonds is 5. The summed E-state index contributed by atoms with van der Waals surface area (Å²) < 4.78 is 20.6. The second-order valence-corrected chi connectivity index (χ2v) is 3.60. The second kappa shape index (κ2) is 2.70. The molecule has 4 heteroatoms. The molecular formula is C9H12O4. The first-order valence-corrected chi connectivity index (χ1v) is 4.59. The van der Waals surface area contributed by atoms with Crippen molar-refractivity contribution in [2.75, 3.05) is 19.8 Å². The van der Waals surface area contributed by atoms with Gasteiger partial charge in [0.05, 0.1) is 12.9 Å². The highest BCUT2D eigenvalue weighted by Crippen LogP contribution is 2.50. The number of epoxide rings is 3. The van der Waals surface area contributed by atoms with Crippen LogP contribution in [0.1, 0.15) is 6.42 Å². The second-order valence-electron chi connectivity index (χ2n) is 3.60. The molecule has 0 saturated carbocycles. The van der Waals surface area contributed by atoms with E-state index in [0.717, 1.165) is 19.6 Å². The lowest BCUT2D eigenvalue weighted by atomic mass is 10.2. The van der Waals surface area contributed by atoms with Gasteiger partial charge in [0.2, 0.25) is 5.79 Å². The third kappa shape index (κ3) is 1.70. The van der Waals surface area contributed by atoms with E-state index in [2.05, 4.69) is 0 Å². The third-order valence-corrected chi connectivity index (χ3v) is 2.43. The van der Waals surface area contributed by atoms with E-state index in [1.807, 2.05) is 6.08 Å². The van der Waals surface area contributed by atoms with Crippen molar-refractivity contribution < 1.29 is 18.9 Å².